The monoisotopic (exact) mass is 311 g/mol. The molecule has 0 atom stereocenters. The van der Waals surface area contributed by atoms with Crippen molar-refractivity contribution in [2.45, 2.75) is 19.4 Å². The molecule has 1 heterocycles. The maximum atomic E-state index is 12.8. The number of carbonyl (C=O) groups excluding carboxylic acids is 1. The topological polar surface area (TPSA) is 38.8 Å². The molecule has 2 aromatic rings. The first kappa shape index (κ1) is 15.6. The van der Waals surface area contributed by atoms with Crippen molar-refractivity contribution >= 4 is 11.6 Å². The normalized spacial score (nSPS) is 13.6. The quantitative estimate of drug-likeness (QED) is 0.868. The Kier molecular flexibility index (Phi) is 4.63. The van der Waals surface area contributed by atoms with E-state index in [4.69, 9.17) is 9.47 Å². The van der Waals surface area contributed by atoms with E-state index in [1.54, 1.807) is 14.2 Å². The van der Waals surface area contributed by atoms with Crippen LogP contribution in [0.2, 0.25) is 0 Å². The fourth-order valence-corrected chi connectivity index (χ4v) is 2.98. The van der Waals surface area contributed by atoms with Gasteiger partial charge in [-0.1, -0.05) is 12.1 Å². The van der Waals surface area contributed by atoms with Gasteiger partial charge in [-0.3, -0.25) is 4.79 Å². The number of hydrogen-bond acceptors (Lipinski definition) is 3. The smallest absolute Gasteiger partial charge is 0.258 e. The molecular formula is C19H21NO3. The first-order valence-corrected chi connectivity index (χ1v) is 7.79. The molecule has 0 N–H and O–H groups in total. The van der Waals surface area contributed by atoms with Gasteiger partial charge in [0.1, 0.15) is 5.75 Å². The molecule has 0 saturated carbocycles. The average Bonchev–Trinajstić information content (AvgIpc) is 2.61. The zero-order valence-electron chi connectivity index (χ0n) is 13.5. The van der Waals surface area contributed by atoms with E-state index >= 15 is 0 Å². The number of aryl methyl sites for hydroxylation is 1. The maximum absolute atomic E-state index is 12.8. The van der Waals surface area contributed by atoms with Crippen LogP contribution in [0, 0.1) is 0 Å². The van der Waals surface area contributed by atoms with Gasteiger partial charge in [0.25, 0.3) is 5.91 Å². The van der Waals surface area contributed by atoms with E-state index in [0.29, 0.717) is 12.2 Å². The van der Waals surface area contributed by atoms with Gasteiger partial charge in [-0.15, -0.1) is 0 Å². The number of hydrogen-bond donors (Lipinski definition) is 0. The van der Waals surface area contributed by atoms with Crippen molar-refractivity contribution in [2.24, 2.45) is 0 Å². The second-order valence-electron chi connectivity index (χ2n) is 5.68. The fraction of sp³-hybridized carbons (Fsp3) is 0.316. The summed E-state index contributed by atoms with van der Waals surface area (Å²) >= 11 is 0. The molecule has 0 aromatic heterocycles. The molecule has 0 unspecified atom stereocenters. The van der Waals surface area contributed by atoms with Gasteiger partial charge in [0.15, 0.2) is 0 Å². The number of benzene rings is 2. The Morgan fingerprint density at radius 3 is 2.61 bits per heavy atom. The van der Waals surface area contributed by atoms with Crippen LogP contribution in [0.3, 0.4) is 0 Å². The number of amides is 1. The Balaban J connectivity index is 1.86. The number of ether oxygens (including phenoxy) is 2. The summed E-state index contributed by atoms with van der Waals surface area (Å²) in [5.74, 6) is 0.877. The second kappa shape index (κ2) is 6.84. The molecule has 1 aliphatic rings. The predicted molar refractivity (Wildman–Crippen MR) is 90.1 cm³/mol. The molecule has 23 heavy (non-hydrogen) atoms. The molecule has 0 spiro atoms. The molecule has 4 nitrogen and oxygen atoms in total. The maximum Gasteiger partial charge on any atom is 0.258 e. The van der Waals surface area contributed by atoms with Crippen molar-refractivity contribution in [3.8, 4) is 5.75 Å². The minimum absolute atomic E-state index is 0.0417. The zero-order valence-corrected chi connectivity index (χ0v) is 13.5. The summed E-state index contributed by atoms with van der Waals surface area (Å²) in [6.07, 6.45) is 1.94. The van der Waals surface area contributed by atoms with Crippen molar-refractivity contribution in [3.05, 3.63) is 59.2 Å². The Labute approximate surface area is 136 Å². The average molecular weight is 311 g/mol. The van der Waals surface area contributed by atoms with Crippen LogP contribution in [-0.2, 0) is 17.8 Å². The summed E-state index contributed by atoms with van der Waals surface area (Å²) in [7, 11) is 3.33. The molecule has 1 amide bonds. The van der Waals surface area contributed by atoms with Crippen molar-refractivity contribution in [3.63, 3.8) is 0 Å². The molecule has 3 rings (SSSR count). The van der Waals surface area contributed by atoms with E-state index < -0.39 is 0 Å². The van der Waals surface area contributed by atoms with Crippen molar-refractivity contribution < 1.29 is 14.3 Å². The van der Waals surface area contributed by atoms with Crippen molar-refractivity contribution in [1.29, 1.82) is 0 Å². The van der Waals surface area contributed by atoms with Gasteiger partial charge in [-0.05, 0) is 54.3 Å². The van der Waals surface area contributed by atoms with Gasteiger partial charge in [-0.25, -0.2) is 0 Å². The molecule has 0 bridgehead atoms. The van der Waals surface area contributed by atoms with Crippen molar-refractivity contribution in [1.82, 2.24) is 0 Å². The summed E-state index contributed by atoms with van der Waals surface area (Å²) in [6.45, 7) is 1.30. The Morgan fingerprint density at radius 1 is 1.13 bits per heavy atom. The highest BCUT2D eigenvalue weighted by Crippen LogP contribution is 2.31. The van der Waals surface area contributed by atoms with Crippen molar-refractivity contribution in [2.75, 3.05) is 25.7 Å². The molecule has 1 aliphatic heterocycles. The molecular weight excluding hydrogens is 290 g/mol. The highest BCUT2D eigenvalue weighted by Gasteiger charge is 2.23. The van der Waals surface area contributed by atoms with Gasteiger partial charge in [0.2, 0.25) is 0 Å². The minimum atomic E-state index is 0.0417. The first-order chi connectivity index (χ1) is 11.2. The minimum Gasteiger partial charge on any atom is -0.497 e. The van der Waals surface area contributed by atoms with Crippen LogP contribution in [0.4, 0.5) is 5.69 Å². The highest BCUT2D eigenvalue weighted by molar-refractivity contribution is 6.06. The van der Waals surface area contributed by atoms with Gasteiger partial charge in [-0.2, -0.15) is 0 Å². The van der Waals surface area contributed by atoms with E-state index in [-0.39, 0.29) is 5.91 Å². The number of methoxy groups -OCH3 is 2. The third-order valence-electron chi connectivity index (χ3n) is 4.16. The number of anilines is 1. The van der Waals surface area contributed by atoms with Gasteiger partial charge < -0.3 is 14.4 Å². The van der Waals surface area contributed by atoms with E-state index in [0.717, 1.165) is 36.4 Å². The summed E-state index contributed by atoms with van der Waals surface area (Å²) in [4.78, 5) is 14.7. The summed E-state index contributed by atoms with van der Waals surface area (Å²) in [5.41, 5.74) is 3.92. The lowest BCUT2D eigenvalue weighted by atomic mass is 10.00. The SMILES string of the molecule is COCc1ccc(C(=O)N2CCCc3cc(OC)ccc32)cc1. The van der Waals surface area contributed by atoms with Gasteiger partial charge in [0.05, 0.1) is 13.7 Å². The van der Waals surface area contributed by atoms with Crippen LogP contribution >= 0.6 is 0 Å². The van der Waals surface area contributed by atoms with Gasteiger partial charge >= 0.3 is 0 Å². The van der Waals surface area contributed by atoms with Crippen LogP contribution < -0.4 is 9.64 Å². The standard InChI is InChI=1S/C19H21NO3/c1-22-13-14-5-7-15(8-6-14)19(21)20-11-3-4-16-12-17(23-2)9-10-18(16)20/h5-10,12H,3-4,11,13H2,1-2H3. The van der Waals surface area contributed by atoms with Crippen LogP contribution in [0.1, 0.15) is 27.9 Å². The van der Waals surface area contributed by atoms with Crippen LogP contribution in [0.15, 0.2) is 42.5 Å². The summed E-state index contributed by atoms with van der Waals surface area (Å²) < 4.78 is 10.4. The number of nitrogens with zero attached hydrogens (tertiary/aromatic N) is 1. The first-order valence-electron chi connectivity index (χ1n) is 7.79. The van der Waals surface area contributed by atoms with Gasteiger partial charge in [0, 0.05) is 24.9 Å². The summed E-state index contributed by atoms with van der Waals surface area (Å²) in [6, 6.07) is 13.5. The Morgan fingerprint density at radius 2 is 1.91 bits per heavy atom. The van der Waals surface area contributed by atoms with Crippen LogP contribution in [-0.4, -0.2) is 26.7 Å². The largest absolute Gasteiger partial charge is 0.497 e. The number of rotatable bonds is 4. The second-order valence-corrected chi connectivity index (χ2v) is 5.68. The highest BCUT2D eigenvalue weighted by atomic mass is 16.5. The lowest BCUT2D eigenvalue weighted by Gasteiger charge is -2.30. The lowest BCUT2D eigenvalue weighted by molar-refractivity contribution is 0.0985. The fourth-order valence-electron chi connectivity index (χ4n) is 2.98. The molecule has 0 fully saturated rings. The van der Waals surface area contributed by atoms with E-state index in [1.165, 1.54) is 5.56 Å². The van der Waals surface area contributed by atoms with E-state index in [1.807, 2.05) is 47.4 Å². The third-order valence-corrected chi connectivity index (χ3v) is 4.16. The summed E-state index contributed by atoms with van der Waals surface area (Å²) in [5, 5.41) is 0. The van der Waals surface area contributed by atoms with Crippen LogP contribution in [0.5, 0.6) is 5.75 Å². The van der Waals surface area contributed by atoms with E-state index in [2.05, 4.69) is 0 Å². The van der Waals surface area contributed by atoms with Crippen LogP contribution in [0.25, 0.3) is 0 Å². The lowest BCUT2D eigenvalue weighted by Crippen LogP contribution is -2.35. The number of carbonyl (C=O) groups is 1. The predicted octanol–water partition coefficient (Wildman–Crippen LogP) is 3.43. The molecule has 0 saturated heterocycles. The third kappa shape index (κ3) is 3.22. The molecule has 4 heteroatoms. The molecule has 0 aliphatic carbocycles. The Hall–Kier alpha value is -2.33. The zero-order chi connectivity index (χ0) is 16.2. The van der Waals surface area contributed by atoms with E-state index in [9.17, 15) is 4.79 Å². The molecule has 120 valence electrons. The number of fused-ring (bicyclic) bond motifs is 1. The molecule has 0 radical (unpaired) electrons. The Bertz CT molecular complexity index is 694. The molecule has 2 aromatic carbocycles.